The zero-order chi connectivity index (χ0) is 64.2. The highest BCUT2D eigenvalue weighted by Crippen LogP contribution is 2.35. The van der Waals surface area contributed by atoms with E-state index in [4.69, 9.17) is 10.5 Å². The lowest BCUT2D eigenvalue weighted by atomic mass is 9.93. The standard InChI is InChI=1S/C60H62N12O17/c1-34(2)52(66-46(73)15-4-3-5-25-68-48(75)20-21-49(68)76)54(78)65-45(14-8-22-63-59(61)83)53(77)64-38-18-16-35(17-19-38)33-89-60(84)67(26-27-69-55(79)41-12-6-10-36-28-39(71(85)86)30-43(50(36)41)57(69)81)24-9-23-62-47(74)32-70-56(80)42-13-7-11-37-29-40(72(87)88)31-44(51(37)42)58(70)82/h6-7,10-13,16-21,28-31,34,45,52H,3-5,8-9,14-15,22-27,32-33H2,1-2H3,(H,62,74)(H,64,77)(H,65,78)(H,66,73)(H3,61,63,83). The quantitative estimate of drug-likeness (QED) is 0.0168. The lowest BCUT2D eigenvalue weighted by Gasteiger charge is -2.30. The van der Waals surface area contributed by atoms with Gasteiger partial charge in [0.1, 0.15) is 25.2 Å². The Morgan fingerprint density at radius 3 is 1.76 bits per heavy atom. The highest BCUT2D eigenvalue weighted by atomic mass is 16.6. The molecule has 0 saturated carbocycles. The molecule has 29 heteroatoms. The Kier molecular flexibility index (Phi) is 20.5. The van der Waals surface area contributed by atoms with Crippen molar-refractivity contribution in [3.8, 4) is 0 Å². The number of nitrogens with one attached hydrogen (secondary N) is 5. The molecule has 0 aromatic heterocycles. The van der Waals surface area contributed by atoms with Crippen molar-refractivity contribution in [2.75, 3.05) is 51.1 Å². The Bertz CT molecular complexity index is 3760. The SMILES string of the molecule is CC(C)C(NC(=O)CCCCCN1C(=O)C=CC1=O)C(=O)NC(CCCNC(N)=O)C(=O)Nc1ccc(COC(=O)N(CCCNC(=O)CN2C(=O)c3cccc4cc([N+](=O)[O-])cc(c34)C2=O)CCN2C(=O)c3cccc4cc([N+](=O)[O-])cc(c34)C2=O)cc1. The van der Waals surface area contributed by atoms with Crippen LogP contribution in [0.5, 0.6) is 0 Å². The summed E-state index contributed by atoms with van der Waals surface area (Å²) in [4.78, 5) is 184. The number of hydrogen-bond acceptors (Lipinski definition) is 17. The zero-order valence-electron chi connectivity index (χ0n) is 48.3. The molecule has 0 bridgehead atoms. The summed E-state index contributed by atoms with van der Waals surface area (Å²) < 4.78 is 5.69. The van der Waals surface area contributed by atoms with Gasteiger partial charge in [0.25, 0.3) is 46.8 Å². The minimum atomic E-state index is -1.18. The molecule has 3 aliphatic rings. The Labute approximate surface area is 506 Å². The van der Waals surface area contributed by atoms with E-state index in [1.807, 2.05) is 0 Å². The largest absolute Gasteiger partial charge is 0.445 e. The minimum Gasteiger partial charge on any atom is -0.445 e. The van der Waals surface area contributed by atoms with Gasteiger partial charge in [0.15, 0.2) is 0 Å². The van der Waals surface area contributed by atoms with Crippen LogP contribution in [0.15, 0.2) is 97.1 Å². The van der Waals surface area contributed by atoms with E-state index in [2.05, 4.69) is 26.6 Å². The van der Waals surface area contributed by atoms with Gasteiger partial charge >= 0.3 is 12.1 Å². The fraction of sp³-hybridized carbons (Fsp3) is 0.333. The third-order valence-corrected chi connectivity index (χ3v) is 15.0. The maximum absolute atomic E-state index is 14.0. The molecule has 13 amide bonds. The van der Waals surface area contributed by atoms with Gasteiger partial charge in [-0.3, -0.25) is 82.9 Å². The topological polar surface area (TPSA) is 399 Å². The highest BCUT2D eigenvalue weighted by molar-refractivity contribution is 6.27. The zero-order valence-corrected chi connectivity index (χ0v) is 48.3. The van der Waals surface area contributed by atoms with E-state index in [1.54, 1.807) is 13.8 Å². The predicted octanol–water partition coefficient (Wildman–Crippen LogP) is 4.34. The van der Waals surface area contributed by atoms with Crippen LogP contribution in [0.3, 0.4) is 0 Å². The molecular weight excluding hydrogens is 1160 g/mol. The number of carbonyl (C=O) groups excluding carboxylic acids is 12. The van der Waals surface area contributed by atoms with Crippen molar-refractivity contribution in [1.29, 1.82) is 0 Å². The minimum absolute atomic E-state index is 0.00620. The number of benzene rings is 5. The summed E-state index contributed by atoms with van der Waals surface area (Å²) in [6, 6.07) is 16.6. The third kappa shape index (κ3) is 15.3. The van der Waals surface area contributed by atoms with Crippen molar-refractivity contribution in [1.82, 2.24) is 40.9 Å². The average molecular weight is 1220 g/mol. The number of nitrogens with zero attached hydrogens (tertiary/aromatic N) is 6. The van der Waals surface area contributed by atoms with Crippen molar-refractivity contribution >= 4 is 110 Å². The Morgan fingerprint density at radius 1 is 0.607 bits per heavy atom. The molecule has 7 N–H and O–H groups in total. The number of imide groups is 3. The normalized spacial score (nSPS) is 14.0. The van der Waals surface area contributed by atoms with Crippen LogP contribution in [0.25, 0.3) is 21.5 Å². The van der Waals surface area contributed by atoms with Gasteiger partial charge in [-0.25, -0.2) is 9.59 Å². The van der Waals surface area contributed by atoms with E-state index in [-0.39, 0.29) is 115 Å². The molecule has 3 heterocycles. The van der Waals surface area contributed by atoms with Crippen LogP contribution in [-0.2, 0) is 40.1 Å². The van der Waals surface area contributed by atoms with Crippen LogP contribution in [0.2, 0.25) is 0 Å². The number of nitro groups is 2. The number of ether oxygens (including phenoxy) is 1. The molecule has 0 radical (unpaired) electrons. The first-order valence-corrected chi connectivity index (χ1v) is 28.4. The molecule has 8 rings (SSSR count). The van der Waals surface area contributed by atoms with Crippen LogP contribution in [-0.4, -0.2) is 159 Å². The fourth-order valence-corrected chi connectivity index (χ4v) is 10.4. The van der Waals surface area contributed by atoms with Crippen LogP contribution >= 0.6 is 0 Å². The monoisotopic (exact) mass is 1220 g/mol. The number of anilines is 1. The number of non-ortho nitro benzene ring substituents is 2. The lowest BCUT2D eigenvalue weighted by Crippen LogP contribution is -2.54. The maximum Gasteiger partial charge on any atom is 0.410 e. The number of unbranched alkanes of at least 4 members (excludes halogenated alkanes) is 2. The Morgan fingerprint density at radius 2 is 1.18 bits per heavy atom. The van der Waals surface area contributed by atoms with Crippen molar-refractivity contribution in [3.63, 3.8) is 0 Å². The summed E-state index contributed by atoms with van der Waals surface area (Å²) in [6.07, 6.45) is 3.14. The van der Waals surface area contributed by atoms with Crippen LogP contribution < -0.4 is 32.3 Å². The maximum atomic E-state index is 14.0. The summed E-state index contributed by atoms with van der Waals surface area (Å²) in [5.74, 6) is -7.04. The van der Waals surface area contributed by atoms with Crippen LogP contribution in [0.4, 0.5) is 26.7 Å². The second-order valence-electron chi connectivity index (χ2n) is 21.5. The second-order valence-corrected chi connectivity index (χ2v) is 21.5. The van der Waals surface area contributed by atoms with E-state index in [0.717, 1.165) is 26.8 Å². The van der Waals surface area contributed by atoms with Crippen molar-refractivity contribution in [3.05, 3.63) is 145 Å². The van der Waals surface area contributed by atoms with Gasteiger partial charge in [-0.05, 0) is 78.6 Å². The third-order valence-electron chi connectivity index (χ3n) is 15.0. The Hall–Kier alpha value is -11.0. The summed E-state index contributed by atoms with van der Waals surface area (Å²) >= 11 is 0. The van der Waals surface area contributed by atoms with E-state index < -0.39 is 118 Å². The first-order chi connectivity index (χ1) is 42.5. The molecule has 5 aromatic rings. The molecule has 29 nitrogen and oxygen atoms in total. The lowest BCUT2D eigenvalue weighted by molar-refractivity contribution is -0.384. The van der Waals surface area contributed by atoms with E-state index >= 15 is 0 Å². The van der Waals surface area contributed by atoms with Gasteiger partial charge in [-0.15, -0.1) is 0 Å². The van der Waals surface area contributed by atoms with Gasteiger partial charge < -0.3 is 42.0 Å². The van der Waals surface area contributed by atoms with Gasteiger partial charge in [0, 0.05) is 110 Å². The van der Waals surface area contributed by atoms with E-state index in [1.165, 1.54) is 84.9 Å². The number of primary amides is 1. The van der Waals surface area contributed by atoms with Crippen LogP contribution in [0, 0.1) is 26.1 Å². The Balaban J connectivity index is 0.894. The molecule has 464 valence electrons. The smallest absolute Gasteiger partial charge is 0.410 e. The molecular formula is C60H62N12O17. The van der Waals surface area contributed by atoms with Gasteiger partial charge in [0.2, 0.25) is 23.6 Å². The molecule has 5 aromatic carbocycles. The molecule has 89 heavy (non-hydrogen) atoms. The average Bonchev–Trinajstić information content (AvgIpc) is 1.57. The number of urea groups is 1. The van der Waals surface area contributed by atoms with Crippen molar-refractivity contribution in [2.24, 2.45) is 11.7 Å². The molecule has 0 aliphatic carbocycles. The number of amides is 13. The number of nitrogens with two attached hydrogens (primary N) is 1. The first-order valence-electron chi connectivity index (χ1n) is 28.4. The first kappa shape index (κ1) is 64.0. The van der Waals surface area contributed by atoms with Gasteiger partial charge in [0.05, 0.1) is 21.0 Å². The fourth-order valence-electron chi connectivity index (χ4n) is 10.4. The van der Waals surface area contributed by atoms with Crippen LogP contribution in [0.1, 0.15) is 106 Å². The van der Waals surface area contributed by atoms with E-state index in [0.29, 0.717) is 35.1 Å². The summed E-state index contributed by atoms with van der Waals surface area (Å²) in [5, 5.41) is 37.7. The number of rotatable bonds is 29. The summed E-state index contributed by atoms with van der Waals surface area (Å²) in [6.45, 7) is 1.51. The molecule has 2 atom stereocenters. The number of hydrogen-bond donors (Lipinski definition) is 6. The number of carbonyl (C=O) groups is 12. The molecule has 0 spiro atoms. The van der Waals surface area contributed by atoms with Gasteiger partial charge in [-0.2, -0.15) is 0 Å². The molecule has 2 unspecified atom stereocenters. The second kappa shape index (κ2) is 28.5. The predicted molar refractivity (Wildman–Crippen MR) is 316 cm³/mol. The molecule has 3 aliphatic heterocycles. The van der Waals surface area contributed by atoms with Gasteiger partial charge in [-0.1, -0.05) is 56.7 Å². The number of nitro benzene ring substituents is 2. The molecule has 0 saturated heterocycles. The van der Waals surface area contributed by atoms with Crippen molar-refractivity contribution in [2.45, 2.75) is 77.5 Å². The van der Waals surface area contributed by atoms with Crippen molar-refractivity contribution < 1.29 is 72.1 Å². The summed E-state index contributed by atoms with van der Waals surface area (Å²) in [5.41, 5.74) is 5.04. The summed E-state index contributed by atoms with van der Waals surface area (Å²) in [7, 11) is 0. The molecule has 0 fully saturated rings. The van der Waals surface area contributed by atoms with E-state index in [9.17, 15) is 77.8 Å². The highest BCUT2D eigenvalue weighted by Gasteiger charge is 2.38.